The zero-order valence-electron chi connectivity index (χ0n) is 11.1. The van der Waals surface area contributed by atoms with Crippen LogP contribution in [0.25, 0.3) is 0 Å². The minimum absolute atomic E-state index is 0. The van der Waals surface area contributed by atoms with Crippen LogP contribution in [-0.4, -0.2) is 42.1 Å². The van der Waals surface area contributed by atoms with Crippen LogP contribution in [0.4, 0.5) is 0 Å². The lowest BCUT2D eigenvalue weighted by atomic mass is 9.99. The highest BCUT2D eigenvalue weighted by Gasteiger charge is 2.35. The third-order valence-corrected chi connectivity index (χ3v) is 4.03. The first-order valence-corrected chi connectivity index (χ1v) is 6.92. The van der Waals surface area contributed by atoms with Gasteiger partial charge in [-0.05, 0) is 38.5 Å². The van der Waals surface area contributed by atoms with Crippen LogP contribution in [-0.2, 0) is 9.53 Å². The van der Waals surface area contributed by atoms with Crippen LogP contribution in [0.2, 0.25) is 0 Å². The van der Waals surface area contributed by atoms with Crippen LogP contribution >= 0.6 is 12.4 Å². The average Bonchev–Trinajstić information content (AvgIpc) is 2.86. The van der Waals surface area contributed by atoms with Gasteiger partial charge in [-0.25, -0.2) is 0 Å². The summed E-state index contributed by atoms with van der Waals surface area (Å²) in [6.07, 6.45) is 6.22. The Morgan fingerprint density at radius 1 is 1.33 bits per heavy atom. The van der Waals surface area contributed by atoms with Gasteiger partial charge in [0, 0.05) is 19.1 Å². The fourth-order valence-corrected chi connectivity index (χ4v) is 2.96. The molecule has 0 bridgehead atoms. The molecule has 2 fully saturated rings. The number of carbonyl (C=O) groups is 1. The normalized spacial score (nSPS) is 32.1. The summed E-state index contributed by atoms with van der Waals surface area (Å²) in [5.41, 5.74) is 5.58. The van der Waals surface area contributed by atoms with Crippen molar-refractivity contribution in [2.45, 2.75) is 63.7 Å². The average molecular weight is 277 g/mol. The molecule has 2 aliphatic rings. The Bertz CT molecular complexity index is 276. The van der Waals surface area contributed by atoms with E-state index < -0.39 is 0 Å². The number of amides is 1. The number of hydrogen-bond donors (Lipinski definition) is 1. The van der Waals surface area contributed by atoms with E-state index in [-0.39, 0.29) is 30.5 Å². The van der Waals surface area contributed by atoms with Gasteiger partial charge < -0.3 is 15.4 Å². The van der Waals surface area contributed by atoms with Crippen molar-refractivity contribution in [1.29, 1.82) is 0 Å². The fraction of sp³-hybridized carbons (Fsp3) is 0.923. The minimum atomic E-state index is -0.226. The molecule has 0 spiro atoms. The van der Waals surface area contributed by atoms with Gasteiger partial charge in [0.2, 0.25) is 0 Å². The Balaban J connectivity index is 0.00000162. The van der Waals surface area contributed by atoms with Crippen molar-refractivity contribution in [3.8, 4) is 0 Å². The van der Waals surface area contributed by atoms with E-state index in [0.717, 1.165) is 38.6 Å². The molecule has 5 heteroatoms. The zero-order chi connectivity index (χ0) is 12.3. The highest BCUT2D eigenvalue weighted by molar-refractivity contribution is 5.85. The molecule has 18 heavy (non-hydrogen) atoms. The fourth-order valence-electron chi connectivity index (χ4n) is 2.96. The van der Waals surface area contributed by atoms with Crippen molar-refractivity contribution in [3.05, 3.63) is 0 Å². The SMILES string of the molecule is CCC1CCCCN1C(=O)[C@@H]1CC[C@H](CN)O1.Cl. The van der Waals surface area contributed by atoms with Gasteiger partial charge in [0.15, 0.2) is 0 Å². The number of carbonyl (C=O) groups excluding carboxylic acids is 1. The van der Waals surface area contributed by atoms with Crippen molar-refractivity contribution >= 4 is 18.3 Å². The van der Waals surface area contributed by atoms with Gasteiger partial charge in [0.25, 0.3) is 5.91 Å². The van der Waals surface area contributed by atoms with Crippen LogP contribution < -0.4 is 5.73 Å². The summed E-state index contributed by atoms with van der Waals surface area (Å²) in [5.74, 6) is 0.201. The molecule has 0 saturated carbocycles. The summed E-state index contributed by atoms with van der Waals surface area (Å²) in [6.45, 7) is 3.60. The zero-order valence-corrected chi connectivity index (χ0v) is 12.0. The monoisotopic (exact) mass is 276 g/mol. The van der Waals surface area contributed by atoms with Gasteiger partial charge in [-0.3, -0.25) is 4.79 Å². The maximum Gasteiger partial charge on any atom is 0.251 e. The molecule has 0 radical (unpaired) electrons. The minimum Gasteiger partial charge on any atom is -0.364 e. The maximum atomic E-state index is 12.4. The molecule has 1 amide bonds. The lowest BCUT2D eigenvalue weighted by molar-refractivity contribution is -0.146. The summed E-state index contributed by atoms with van der Waals surface area (Å²) in [7, 11) is 0. The van der Waals surface area contributed by atoms with E-state index in [1.165, 1.54) is 6.42 Å². The number of ether oxygens (including phenoxy) is 1. The quantitative estimate of drug-likeness (QED) is 0.854. The topological polar surface area (TPSA) is 55.6 Å². The van der Waals surface area contributed by atoms with E-state index in [1.807, 2.05) is 4.90 Å². The molecule has 2 N–H and O–H groups in total. The van der Waals surface area contributed by atoms with Gasteiger partial charge in [0.05, 0.1) is 6.10 Å². The summed E-state index contributed by atoms with van der Waals surface area (Å²) in [5, 5.41) is 0. The van der Waals surface area contributed by atoms with Crippen LogP contribution in [0.15, 0.2) is 0 Å². The molecular formula is C13H25ClN2O2. The van der Waals surface area contributed by atoms with Crippen molar-refractivity contribution in [1.82, 2.24) is 4.90 Å². The summed E-state index contributed by atoms with van der Waals surface area (Å²) in [4.78, 5) is 14.4. The molecule has 2 aliphatic heterocycles. The van der Waals surface area contributed by atoms with E-state index in [1.54, 1.807) is 0 Å². The molecule has 3 atom stereocenters. The second-order valence-electron chi connectivity index (χ2n) is 5.15. The van der Waals surface area contributed by atoms with Crippen molar-refractivity contribution in [3.63, 3.8) is 0 Å². The second kappa shape index (κ2) is 7.31. The number of rotatable bonds is 3. The number of piperidine rings is 1. The highest BCUT2D eigenvalue weighted by Crippen LogP contribution is 2.25. The molecule has 4 nitrogen and oxygen atoms in total. The predicted molar refractivity (Wildman–Crippen MR) is 73.8 cm³/mol. The Labute approximate surface area is 116 Å². The van der Waals surface area contributed by atoms with E-state index in [0.29, 0.717) is 12.6 Å². The lowest BCUT2D eigenvalue weighted by Gasteiger charge is -2.36. The third-order valence-electron chi connectivity index (χ3n) is 4.03. The first kappa shape index (κ1) is 15.7. The van der Waals surface area contributed by atoms with E-state index in [9.17, 15) is 4.79 Å². The van der Waals surface area contributed by atoms with Crippen LogP contribution in [0.1, 0.15) is 45.4 Å². The molecule has 0 aromatic heterocycles. The molecular weight excluding hydrogens is 252 g/mol. The number of nitrogens with two attached hydrogens (primary N) is 1. The van der Waals surface area contributed by atoms with Crippen molar-refractivity contribution in [2.24, 2.45) is 5.73 Å². The van der Waals surface area contributed by atoms with Crippen molar-refractivity contribution < 1.29 is 9.53 Å². The van der Waals surface area contributed by atoms with Gasteiger partial charge in [-0.1, -0.05) is 6.92 Å². The lowest BCUT2D eigenvalue weighted by Crippen LogP contribution is -2.48. The van der Waals surface area contributed by atoms with Crippen molar-refractivity contribution in [2.75, 3.05) is 13.1 Å². The molecule has 0 aliphatic carbocycles. The Kier molecular flexibility index (Phi) is 6.39. The third kappa shape index (κ3) is 3.37. The van der Waals surface area contributed by atoms with E-state index in [4.69, 9.17) is 10.5 Å². The number of nitrogens with zero attached hydrogens (tertiary/aromatic N) is 1. The summed E-state index contributed by atoms with van der Waals surface area (Å²) < 4.78 is 5.70. The molecule has 106 valence electrons. The van der Waals surface area contributed by atoms with Crippen LogP contribution in [0.3, 0.4) is 0 Å². The van der Waals surface area contributed by atoms with Crippen LogP contribution in [0, 0.1) is 0 Å². The Morgan fingerprint density at radius 3 is 2.72 bits per heavy atom. The second-order valence-corrected chi connectivity index (χ2v) is 5.15. The first-order valence-electron chi connectivity index (χ1n) is 6.92. The van der Waals surface area contributed by atoms with Gasteiger partial charge in [-0.15, -0.1) is 12.4 Å². The van der Waals surface area contributed by atoms with Crippen LogP contribution in [0.5, 0.6) is 0 Å². The van der Waals surface area contributed by atoms with E-state index >= 15 is 0 Å². The number of likely N-dealkylation sites (tertiary alicyclic amines) is 1. The highest BCUT2D eigenvalue weighted by atomic mass is 35.5. The smallest absolute Gasteiger partial charge is 0.251 e. The Hall–Kier alpha value is -0.320. The molecule has 2 rings (SSSR count). The first-order chi connectivity index (χ1) is 8.26. The number of halogens is 1. The van der Waals surface area contributed by atoms with Gasteiger partial charge >= 0.3 is 0 Å². The predicted octanol–water partition coefficient (Wildman–Crippen LogP) is 1.71. The molecule has 2 heterocycles. The summed E-state index contributed by atoms with van der Waals surface area (Å²) >= 11 is 0. The maximum absolute atomic E-state index is 12.4. The Morgan fingerprint density at radius 2 is 2.11 bits per heavy atom. The number of hydrogen-bond acceptors (Lipinski definition) is 3. The van der Waals surface area contributed by atoms with Gasteiger partial charge in [0.1, 0.15) is 6.10 Å². The molecule has 0 aromatic carbocycles. The molecule has 2 saturated heterocycles. The molecule has 1 unspecified atom stereocenters. The summed E-state index contributed by atoms with van der Waals surface area (Å²) in [6, 6.07) is 0.428. The molecule has 0 aromatic rings. The van der Waals surface area contributed by atoms with Gasteiger partial charge in [-0.2, -0.15) is 0 Å². The van der Waals surface area contributed by atoms with E-state index in [2.05, 4.69) is 6.92 Å². The largest absolute Gasteiger partial charge is 0.364 e. The standard InChI is InChI=1S/C13H24N2O2.ClH/c1-2-10-5-3-4-8-15(10)13(16)12-7-6-11(9-14)17-12;/h10-12H,2-9,14H2,1H3;1H/t10?,11-,12+;/m1./s1.